The van der Waals surface area contributed by atoms with Crippen LogP contribution in [0, 0.1) is 11.3 Å². The molecule has 2 fully saturated rings. The smallest absolute Gasteiger partial charge is 0.235 e. The molecule has 2 N–H and O–H groups in total. The normalized spacial score (nSPS) is 16.1. The number of rotatable bonds is 8. The lowest BCUT2D eigenvalue weighted by atomic mass is 9.92. The van der Waals surface area contributed by atoms with Crippen molar-refractivity contribution in [1.29, 1.82) is 5.26 Å². The minimum Gasteiger partial charge on any atom is -0.486 e. The molecule has 0 unspecified atom stereocenters. The molecule has 2 aliphatic rings. The molecule has 2 aromatic carbocycles. The van der Waals surface area contributed by atoms with Gasteiger partial charge in [0.05, 0.1) is 22.0 Å². The first-order valence-electron chi connectivity index (χ1n) is 11.7. The lowest BCUT2D eigenvalue weighted by Gasteiger charge is -2.30. The average molecular weight is 489 g/mol. The van der Waals surface area contributed by atoms with Crippen molar-refractivity contribution in [2.45, 2.75) is 50.0 Å². The Morgan fingerprint density at radius 3 is 2.57 bits per heavy atom. The summed E-state index contributed by atoms with van der Waals surface area (Å²) in [7, 11) is -3.33. The molecule has 0 amide bonds. The van der Waals surface area contributed by atoms with Gasteiger partial charge in [-0.3, -0.25) is 9.82 Å². The summed E-state index contributed by atoms with van der Waals surface area (Å²) in [5.41, 5.74) is 3.84. The molecule has 0 spiro atoms. The van der Waals surface area contributed by atoms with E-state index in [0.29, 0.717) is 41.7 Å². The highest BCUT2D eigenvalue weighted by Crippen LogP contribution is 2.43. The van der Waals surface area contributed by atoms with E-state index in [-0.39, 0.29) is 11.9 Å². The summed E-state index contributed by atoms with van der Waals surface area (Å²) in [6, 6.07) is 15.8. The zero-order chi connectivity index (χ0) is 24.0. The van der Waals surface area contributed by atoms with E-state index in [0.717, 1.165) is 41.4 Å². The van der Waals surface area contributed by atoms with Crippen molar-refractivity contribution in [2.24, 2.45) is 0 Å². The lowest BCUT2D eigenvalue weighted by molar-refractivity contribution is 0.296. The number of benzene rings is 2. The number of anilines is 1. The number of aromatic nitrogens is 4. The van der Waals surface area contributed by atoms with Crippen LogP contribution in [-0.4, -0.2) is 33.4 Å². The molecule has 2 aromatic heterocycles. The second kappa shape index (κ2) is 8.43. The molecule has 35 heavy (non-hydrogen) atoms. The molecule has 0 aliphatic heterocycles. The van der Waals surface area contributed by atoms with Gasteiger partial charge in [-0.05, 0) is 61.9 Å². The quantitative estimate of drug-likeness (QED) is 0.376. The SMILES string of the molecule is N#Cc1c(-c2ccc(NS(=O)(=O)C3CC3)cc2)n(C2CCC2)c2cc(OCc3ncn[nH]3)ccc12. The summed E-state index contributed by atoms with van der Waals surface area (Å²) in [6.07, 6.45) is 6.11. The number of ether oxygens (including phenoxy) is 1. The van der Waals surface area contributed by atoms with E-state index in [4.69, 9.17) is 4.74 Å². The molecular formula is C25H24N6O3S. The van der Waals surface area contributed by atoms with E-state index < -0.39 is 10.0 Å². The zero-order valence-electron chi connectivity index (χ0n) is 18.9. The summed E-state index contributed by atoms with van der Waals surface area (Å²) in [4.78, 5) is 4.09. The van der Waals surface area contributed by atoms with Gasteiger partial charge in [-0.25, -0.2) is 13.4 Å². The van der Waals surface area contributed by atoms with Gasteiger partial charge in [0, 0.05) is 23.2 Å². The van der Waals surface area contributed by atoms with E-state index >= 15 is 0 Å². The monoisotopic (exact) mass is 488 g/mol. The molecule has 10 heteroatoms. The van der Waals surface area contributed by atoms with Gasteiger partial charge in [-0.2, -0.15) is 10.4 Å². The molecule has 0 atom stereocenters. The predicted octanol–water partition coefficient (Wildman–Crippen LogP) is 4.51. The molecule has 0 radical (unpaired) electrons. The topological polar surface area (TPSA) is 126 Å². The summed E-state index contributed by atoms with van der Waals surface area (Å²) in [6.45, 7) is 0.270. The maximum absolute atomic E-state index is 12.3. The number of hydrogen-bond donors (Lipinski definition) is 2. The highest BCUT2D eigenvalue weighted by atomic mass is 32.2. The molecule has 0 saturated heterocycles. The number of nitriles is 1. The van der Waals surface area contributed by atoms with Crippen LogP contribution in [0.1, 0.15) is 49.5 Å². The first-order chi connectivity index (χ1) is 17.0. The minimum atomic E-state index is -3.33. The first kappa shape index (κ1) is 21.7. The molecule has 0 bridgehead atoms. The highest BCUT2D eigenvalue weighted by Gasteiger charge is 2.35. The van der Waals surface area contributed by atoms with Crippen LogP contribution in [0.3, 0.4) is 0 Å². The molecule has 2 saturated carbocycles. The van der Waals surface area contributed by atoms with Crippen LogP contribution in [0.15, 0.2) is 48.8 Å². The van der Waals surface area contributed by atoms with Gasteiger partial charge < -0.3 is 9.30 Å². The van der Waals surface area contributed by atoms with E-state index in [2.05, 4.69) is 30.5 Å². The van der Waals surface area contributed by atoms with E-state index in [1.165, 1.54) is 6.33 Å². The maximum atomic E-state index is 12.3. The third-order valence-electron chi connectivity index (χ3n) is 6.75. The Bertz CT molecular complexity index is 1530. The molecule has 2 aliphatic carbocycles. The lowest BCUT2D eigenvalue weighted by Crippen LogP contribution is -2.18. The van der Waals surface area contributed by atoms with Crippen molar-refractivity contribution in [3.63, 3.8) is 0 Å². The third kappa shape index (κ3) is 4.02. The minimum absolute atomic E-state index is 0.270. The van der Waals surface area contributed by atoms with Gasteiger partial charge in [-0.15, -0.1) is 0 Å². The standard InChI is InChI=1S/C25H24N6O3S/c26-13-22-21-11-8-19(34-14-24-27-15-28-29-24)12-23(21)31(18-2-1-3-18)25(22)16-4-6-17(7-5-16)30-35(32,33)20-9-10-20/h4-8,11-12,15,18,20,30H,1-3,9-10,14H2,(H,27,28,29). The Hall–Kier alpha value is -3.84. The van der Waals surface area contributed by atoms with Gasteiger partial charge in [0.25, 0.3) is 0 Å². The Balaban J connectivity index is 1.39. The fraction of sp³-hybridized carbons (Fsp3) is 0.320. The van der Waals surface area contributed by atoms with Crippen LogP contribution in [-0.2, 0) is 16.6 Å². The number of sulfonamides is 1. The Morgan fingerprint density at radius 1 is 1.14 bits per heavy atom. The number of nitrogens with one attached hydrogen (secondary N) is 2. The van der Waals surface area contributed by atoms with E-state index in [9.17, 15) is 13.7 Å². The van der Waals surface area contributed by atoms with Crippen molar-refractivity contribution >= 4 is 26.6 Å². The van der Waals surface area contributed by atoms with Crippen LogP contribution in [0.25, 0.3) is 22.2 Å². The second-order valence-corrected chi connectivity index (χ2v) is 11.1. The fourth-order valence-electron chi connectivity index (χ4n) is 4.58. The number of fused-ring (bicyclic) bond motifs is 1. The van der Waals surface area contributed by atoms with E-state index in [1.807, 2.05) is 30.3 Å². The van der Waals surface area contributed by atoms with Crippen LogP contribution in [0.2, 0.25) is 0 Å². The van der Waals surface area contributed by atoms with Gasteiger partial charge >= 0.3 is 0 Å². The summed E-state index contributed by atoms with van der Waals surface area (Å²) in [5, 5.41) is 17.4. The number of H-pyrrole nitrogens is 1. The van der Waals surface area contributed by atoms with Gasteiger partial charge in [0.1, 0.15) is 24.8 Å². The fourth-order valence-corrected chi connectivity index (χ4v) is 5.96. The summed E-state index contributed by atoms with van der Waals surface area (Å²) in [5.74, 6) is 1.32. The van der Waals surface area contributed by atoms with Gasteiger partial charge in [0.2, 0.25) is 10.0 Å². The van der Waals surface area contributed by atoms with Gasteiger partial charge in [0.15, 0.2) is 5.82 Å². The van der Waals surface area contributed by atoms with E-state index in [1.54, 1.807) is 12.1 Å². The molecular weight excluding hydrogens is 464 g/mol. The van der Waals surface area contributed by atoms with Crippen molar-refractivity contribution < 1.29 is 13.2 Å². The molecule has 2 heterocycles. The largest absolute Gasteiger partial charge is 0.486 e. The first-order valence-corrected chi connectivity index (χ1v) is 13.3. The second-order valence-electron chi connectivity index (χ2n) is 9.11. The van der Waals surface area contributed by atoms with Crippen LogP contribution in [0.5, 0.6) is 5.75 Å². The molecule has 4 aromatic rings. The Kier molecular flexibility index (Phi) is 5.22. The van der Waals surface area contributed by atoms with Crippen molar-refractivity contribution in [3.05, 3.63) is 60.2 Å². The molecule has 178 valence electrons. The maximum Gasteiger partial charge on any atom is 0.235 e. The summed E-state index contributed by atoms with van der Waals surface area (Å²) < 4.78 is 35.5. The van der Waals surface area contributed by atoms with Crippen LogP contribution >= 0.6 is 0 Å². The highest BCUT2D eigenvalue weighted by molar-refractivity contribution is 7.93. The Labute approximate surface area is 202 Å². The van der Waals surface area contributed by atoms with Crippen LogP contribution < -0.4 is 9.46 Å². The Morgan fingerprint density at radius 2 is 1.94 bits per heavy atom. The molecule has 6 rings (SSSR count). The summed E-state index contributed by atoms with van der Waals surface area (Å²) >= 11 is 0. The molecule has 9 nitrogen and oxygen atoms in total. The van der Waals surface area contributed by atoms with Crippen molar-refractivity contribution in [2.75, 3.05) is 4.72 Å². The zero-order valence-corrected chi connectivity index (χ0v) is 19.8. The number of aromatic amines is 1. The third-order valence-corrected chi connectivity index (χ3v) is 8.62. The predicted molar refractivity (Wildman–Crippen MR) is 131 cm³/mol. The van der Waals surface area contributed by atoms with Crippen molar-refractivity contribution in [3.8, 4) is 23.1 Å². The van der Waals surface area contributed by atoms with Crippen molar-refractivity contribution in [1.82, 2.24) is 19.7 Å². The number of nitrogens with zero attached hydrogens (tertiary/aromatic N) is 4. The average Bonchev–Trinajstić information content (AvgIpc) is 3.48. The number of hydrogen-bond acceptors (Lipinski definition) is 6. The van der Waals surface area contributed by atoms with Crippen LogP contribution in [0.4, 0.5) is 5.69 Å². The van der Waals surface area contributed by atoms with Gasteiger partial charge in [-0.1, -0.05) is 12.1 Å².